The van der Waals surface area contributed by atoms with Gasteiger partial charge in [-0.1, -0.05) is 5.21 Å². The number of aryl methyl sites for hydroxylation is 1. The maximum atomic E-state index is 12.6. The zero-order valence-electron chi connectivity index (χ0n) is 20.3. The summed E-state index contributed by atoms with van der Waals surface area (Å²) in [5.74, 6) is 0.316. The molecule has 0 saturated carbocycles. The van der Waals surface area contributed by atoms with Crippen molar-refractivity contribution in [1.82, 2.24) is 34.6 Å². The summed E-state index contributed by atoms with van der Waals surface area (Å²) >= 11 is 0. The minimum absolute atomic E-state index is 0.0128. The Bertz CT molecular complexity index is 973. The molecule has 1 saturated heterocycles. The highest BCUT2D eigenvalue weighted by Crippen LogP contribution is 2.19. The van der Waals surface area contributed by atoms with Crippen LogP contribution in [0.5, 0.6) is 0 Å². The van der Waals surface area contributed by atoms with E-state index in [1.54, 1.807) is 27.9 Å². The van der Waals surface area contributed by atoms with E-state index >= 15 is 0 Å². The number of amides is 2. The number of piperidine rings is 1. The Balaban J connectivity index is 1.53. The van der Waals surface area contributed by atoms with Gasteiger partial charge in [-0.15, -0.1) is 5.10 Å². The van der Waals surface area contributed by atoms with Gasteiger partial charge in [0.05, 0.1) is 18.9 Å². The van der Waals surface area contributed by atoms with Crippen LogP contribution >= 0.6 is 0 Å². The molecule has 0 bridgehead atoms. The first-order valence-electron chi connectivity index (χ1n) is 11.5. The van der Waals surface area contributed by atoms with Crippen LogP contribution in [-0.2, 0) is 29.7 Å². The van der Waals surface area contributed by atoms with Gasteiger partial charge in [-0.25, -0.2) is 4.79 Å². The second-order valence-electron chi connectivity index (χ2n) is 9.50. The zero-order valence-corrected chi connectivity index (χ0v) is 20.3. The first kappa shape index (κ1) is 24.5. The Kier molecular flexibility index (Phi) is 7.88. The van der Waals surface area contributed by atoms with Crippen LogP contribution in [0.4, 0.5) is 4.79 Å². The SMILES string of the molecule is CCN(Cc1cn(C[C@@H]2CCCN(C(=O)/C=C/c3cnn(C)c3)C2)nn1)C(=O)OC(C)(C)C. The van der Waals surface area contributed by atoms with Crippen LogP contribution in [0.2, 0.25) is 0 Å². The summed E-state index contributed by atoms with van der Waals surface area (Å²) in [4.78, 5) is 28.5. The lowest BCUT2D eigenvalue weighted by atomic mass is 9.98. The van der Waals surface area contributed by atoms with Gasteiger partial charge in [0.15, 0.2) is 0 Å². The van der Waals surface area contributed by atoms with Crippen molar-refractivity contribution in [3.05, 3.63) is 35.9 Å². The van der Waals surface area contributed by atoms with Gasteiger partial charge in [0.1, 0.15) is 11.3 Å². The molecule has 1 fully saturated rings. The quantitative estimate of drug-likeness (QED) is 0.593. The van der Waals surface area contributed by atoms with E-state index in [0.717, 1.165) is 24.9 Å². The molecule has 33 heavy (non-hydrogen) atoms. The molecule has 0 aliphatic carbocycles. The number of hydrogen-bond donors (Lipinski definition) is 0. The summed E-state index contributed by atoms with van der Waals surface area (Å²) in [6.07, 6.45) is 10.5. The number of aromatic nitrogens is 5. The lowest BCUT2D eigenvalue weighted by molar-refractivity contribution is -0.127. The summed E-state index contributed by atoms with van der Waals surface area (Å²) in [7, 11) is 1.85. The maximum absolute atomic E-state index is 12.6. The van der Waals surface area contributed by atoms with E-state index in [1.165, 1.54) is 0 Å². The molecule has 2 amide bonds. The molecule has 1 aliphatic heterocycles. The lowest BCUT2D eigenvalue weighted by Gasteiger charge is -2.32. The van der Waals surface area contributed by atoms with Crippen LogP contribution in [0.25, 0.3) is 6.08 Å². The molecule has 180 valence electrons. The Hall–Kier alpha value is -3.17. The van der Waals surface area contributed by atoms with E-state index in [9.17, 15) is 9.59 Å². The van der Waals surface area contributed by atoms with Crippen molar-refractivity contribution >= 4 is 18.1 Å². The van der Waals surface area contributed by atoms with Crippen LogP contribution in [0.15, 0.2) is 24.7 Å². The molecule has 2 aromatic rings. The molecule has 10 nitrogen and oxygen atoms in total. The molecular formula is C23H35N7O3. The second kappa shape index (κ2) is 10.6. The predicted octanol–water partition coefficient (Wildman–Crippen LogP) is 2.72. The highest BCUT2D eigenvalue weighted by Gasteiger charge is 2.24. The topological polar surface area (TPSA) is 98.4 Å². The molecule has 0 unspecified atom stereocenters. The molecule has 0 spiro atoms. The Morgan fingerprint density at radius 3 is 2.76 bits per heavy atom. The van der Waals surface area contributed by atoms with Gasteiger partial charge in [-0.05, 0) is 52.5 Å². The van der Waals surface area contributed by atoms with Crippen molar-refractivity contribution in [3.8, 4) is 0 Å². The van der Waals surface area contributed by atoms with Gasteiger partial charge in [0, 0.05) is 51.1 Å². The van der Waals surface area contributed by atoms with Gasteiger partial charge in [-0.3, -0.25) is 14.2 Å². The lowest BCUT2D eigenvalue weighted by Crippen LogP contribution is -2.40. The minimum atomic E-state index is -0.542. The average Bonchev–Trinajstić information content (AvgIpc) is 3.37. The number of carbonyl (C=O) groups is 2. The van der Waals surface area contributed by atoms with E-state index in [4.69, 9.17) is 4.74 Å². The van der Waals surface area contributed by atoms with Crippen LogP contribution in [-0.4, -0.2) is 71.8 Å². The summed E-state index contributed by atoms with van der Waals surface area (Å²) < 4.78 is 8.98. The van der Waals surface area contributed by atoms with E-state index in [2.05, 4.69) is 15.4 Å². The Morgan fingerprint density at radius 1 is 1.30 bits per heavy atom. The largest absolute Gasteiger partial charge is 0.444 e. The average molecular weight is 458 g/mol. The van der Waals surface area contributed by atoms with Gasteiger partial charge in [0.25, 0.3) is 0 Å². The van der Waals surface area contributed by atoms with Crippen molar-refractivity contribution < 1.29 is 14.3 Å². The van der Waals surface area contributed by atoms with E-state index in [-0.39, 0.29) is 12.0 Å². The highest BCUT2D eigenvalue weighted by molar-refractivity contribution is 5.91. The van der Waals surface area contributed by atoms with Crippen molar-refractivity contribution in [2.24, 2.45) is 13.0 Å². The summed E-state index contributed by atoms with van der Waals surface area (Å²) in [5, 5.41) is 12.6. The van der Waals surface area contributed by atoms with Crippen molar-refractivity contribution in [2.45, 2.75) is 59.2 Å². The van der Waals surface area contributed by atoms with Gasteiger partial charge >= 0.3 is 6.09 Å². The minimum Gasteiger partial charge on any atom is -0.444 e. The maximum Gasteiger partial charge on any atom is 0.410 e. The van der Waals surface area contributed by atoms with Crippen LogP contribution in [0.1, 0.15) is 51.8 Å². The number of ether oxygens (including phenoxy) is 1. The normalized spacial score (nSPS) is 16.9. The number of likely N-dealkylation sites (tertiary alicyclic amines) is 1. The molecule has 0 radical (unpaired) electrons. The van der Waals surface area contributed by atoms with E-state index < -0.39 is 5.60 Å². The van der Waals surface area contributed by atoms with Gasteiger partial charge in [-0.2, -0.15) is 5.10 Å². The highest BCUT2D eigenvalue weighted by atomic mass is 16.6. The Labute approximate surface area is 195 Å². The number of carbonyl (C=O) groups excluding carboxylic acids is 2. The predicted molar refractivity (Wildman–Crippen MR) is 124 cm³/mol. The summed E-state index contributed by atoms with van der Waals surface area (Å²) in [5.41, 5.74) is 1.08. The molecule has 0 N–H and O–H groups in total. The molecule has 1 aliphatic rings. The number of nitrogens with zero attached hydrogens (tertiary/aromatic N) is 7. The monoisotopic (exact) mass is 457 g/mol. The van der Waals surface area contributed by atoms with Crippen molar-refractivity contribution in [3.63, 3.8) is 0 Å². The molecule has 1 atom stereocenters. The van der Waals surface area contributed by atoms with Crippen LogP contribution < -0.4 is 0 Å². The van der Waals surface area contributed by atoms with E-state index in [0.29, 0.717) is 37.8 Å². The third-order valence-electron chi connectivity index (χ3n) is 5.39. The summed E-state index contributed by atoms with van der Waals surface area (Å²) in [6.45, 7) is 10.5. The molecular weight excluding hydrogens is 422 g/mol. The molecule has 3 heterocycles. The molecule has 3 rings (SSSR count). The second-order valence-corrected chi connectivity index (χ2v) is 9.50. The van der Waals surface area contributed by atoms with Crippen LogP contribution in [0, 0.1) is 5.92 Å². The van der Waals surface area contributed by atoms with Crippen molar-refractivity contribution in [2.75, 3.05) is 19.6 Å². The van der Waals surface area contributed by atoms with Crippen LogP contribution in [0.3, 0.4) is 0 Å². The smallest absolute Gasteiger partial charge is 0.410 e. The van der Waals surface area contributed by atoms with Crippen molar-refractivity contribution in [1.29, 1.82) is 0 Å². The fourth-order valence-corrected chi connectivity index (χ4v) is 3.81. The third-order valence-corrected chi connectivity index (χ3v) is 5.39. The number of rotatable bonds is 7. The molecule has 10 heteroatoms. The fraction of sp³-hybridized carbons (Fsp3) is 0.609. The van der Waals surface area contributed by atoms with E-state index in [1.807, 2.05) is 56.7 Å². The first-order chi connectivity index (χ1) is 15.6. The first-order valence-corrected chi connectivity index (χ1v) is 11.5. The zero-order chi connectivity index (χ0) is 24.0. The Morgan fingerprint density at radius 2 is 2.09 bits per heavy atom. The number of hydrogen-bond acceptors (Lipinski definition) is 6. The summed E-state index contributed by atoms with van der Waals surface area (Å²) in [6, 6.07) is 0. The van der Waals surface area contributed by atoms with Gasteiger partial charge in [0.2, 0.25) is 5.91 Å². The fourth-order valence-electron chi connectivity index (χ4n) is 3.81. The molecule has 2 aromatic heterocycles. The molecule has 0 aromatic carbocycles. The van der Waals surface area contributed by atoms with Gasteiger partial charge < -0.3 is 14.5 Å². The third kappa shape index (κ3) is 7.44. The standard InChI is InChI=1S/C23H35N7O3/c1-6-28(22(32)33-23(2,3)4)16-20-17-30(26-25-20)15-19-8-7-11-29(14-19)21(31)10-9-18-12-24-27(5)13-18/h9-10,12-13,17,19H,6-8,11,14-16H2,1-5H3/b10-9+/t19-/m1/s1.